The minimum absolute atomic E-state index is 0.0644. The number of methoxy groups -OCH3 is 1. The molecule has 2 amide bonds. The third-order valence-electron chi connectivity index (χ3n) is 4.44. The van der Waals surface area contributed by atoms with E-state index in [-0.39, 0.29) is 24.0 Å². The molecule has 0 saturated carbocycles. The predicted molar refractivity (Wildman–Crippen MR) is 122 cm³/mol. The Morgan fingerprint density at radius 1 is 1.06 bits per heavy atom. The van der Waals surface area contributed by atoms with Crippen molar-refractivity contribution in [1.29, 1.82) is 0 Å². The predicted octanol–water partition coefficient (Wildman–Crippen LogP) is 3.53. The van der Waals surface area contributed by atoms with Gasteiger partial charge in [0.15, 0.2) is 5.16 Å². The van der Waals surface area contributed by atoms with Crippen molar-refractivity contribution >= 4 is 35.0 Å². The first-order chi connectivity index (χ1) is 15.0. The summed E-state index contributed by atoms with van der Waals surface area (Å²) in [4.78, 5) is 24.8. The molecule has 2 aromatic carbocycles. The zero-order valence-corrected chi connectivity index (χ0v) is 18.5. The molecule has 0 aliphatic heterocycles. The summed E-state index contributed by atoms with van der Waals surface area (Å²) in [6, 6.07) is 14.8. The van der Waals surface area contributed by atoms with Gasteiger partial charge in [-0.2, -0.15) is 0 Å². The smallest absolute Gasteiger partial charge is 0.234 e. The second-order valence-electron chi connectivity index (χ2n) is 6.77. The lowest BCUT2D eigenvalue weighted by atomic mass is 10.2. The van der Waals surface area contributed by atoms with Crippen molar-refractivity contribution < 1.29 is 14.3 Å². The Bertz CT molecular complexity index is 1070. The maximum absolute atomic E-state index is 12.5. The quantitative estimate of drug-likeness (QED) is 0.495. The zero-order chi connectivity index (χ0) is 22.2. The van der Waals surface area contributed by atoms with E-state index >= 15 is 0 Å². The topological polar surface area (TPSA) is 98.1 Å². The van der Waals surface area contributed by atoms with Gasteiger partial charge in [0.1, 0.15) is 11.6 Å². The molecule has 0 spiro atoms. The molecule has 0 unspecified atom stereocenters. The number of hydrogen-bond acceptors (Lipinski definition) is 6. The summed E-state index contributed by atoms with van der Waals surface area (Å²) in [5, 5.41) is 14.6. The Kier molecular flexibility index (Phi) is 7.66. The number of anilines is 2. The summed E-state index contributed by atoms with van der Waals surface area (Å²) in [5.74, 6) is 0.969. The number of rotatable bonds is 9. The number of nitrogens with one attached hydrogen (secondary N) is 2. The normalized spacial score (nSPS) is 10.5. The lowest BCUT2D eigenvalue weighted by Crippen LogP contribution is -2.18. The van der Waals surface area contributed by atoms with E-state index in [4.69, 9.17) is 4.74 Å². The summed E-state index contributed by atoms with van der Waals surface area (Å²) in [7, 11) is 1.55. The van der Waals surface area contributed by atoms with Gasteiger partial charge in [-0.25, -0.2) is 0 Å². The average molecular weight is 440 g/mol. The van der Waals surface area contributed by atoms with Crippen LogP contribution < -0.4 is 15.4 Å². The fourth-order valence-corrected chi connectivity index (χ4v) is 3.83. The molecule has 0 bridgehead atoms. The number of amides is 2. The number of carbonyl (C=O) groups is 2. The van der Waals surface area contributed by atoms with Crippen LogP contribution in [0.5, 0.6) is 5.75 Å². The standard InChI is InChI=1S/C22H25N5O3S/c1-4-27-19(13-20(28)24-17-10-5-6-11-18(17)30-3)25-26-22(27)31-14-21(29)23-16-9-7-8-15(2)12-16/h5-12H,4,13-14H2,1-3H3,(H,23,29)(H,24,28). The lowest BCUT2D eigenvalue weighted by molar-refractivity contribution is -0.116. The first-order valence-corrected chi connectivity index (χ1v) is 10.8. The highest BCUT2D eigenvalue weighted by atomic mass is 32.2. The largest absolute Gasteiger partial charge is 0.495 e. The molecule has 0 aliphatic carbocycles. The minimum atomic E-state index is -0.222. The van der Waals surface area contributed by atoms with Crippen LogP contribution >= 0.6 is 11.8 Å². The van der Waals surface area contributed by atoms with Crippen LogP contribution in [-0.4, -0.2) is 39.4 Å². The van der Waals surface area contributed by atoms with Crippen LogP contribution in [0.3, 0.4) is 0 Å². The van der Waals surface area contributed by atoms with Gasteiger partial charge in [0.2, 0.25) is 11.8 Å². The van der Waals surface area contributed by atoms with Gasteiger partial charge in [-0.1, -0.05) is 36.0 Å². The number of ether oxygens (including phenoxy) is 1. The Labute approximate surface area is 185 Å². The highest BCUT2D eigenvalue weighted by molar-refractivity contribution is 7.99. The van der Waals surface area contributed by atoms with E-state index in [2.05, 4.69) is 20.8 Å². The highest BCUT2D eigenvalue weighted by Gasteiger charge is 2.17. The number of hydrogen-bond donors (Lipinski definition) is 2. The number of carbonyl (C=O) groups excluding carboxylic acids is 2. The summed E-state index contributed by atoms with van der Waals surface area (Å²) in [5.41, 5.74) is 2.43. The molecule has 8 nitrogen and oxygen atoms in total. The molecule has 0 aliphatic rings. The molecule has 0 saturated heterocycles. The van der Waals surface area contributed by atoms with Gasteiger partial charge in [0.05, 0.1) is 25.0 Å². The summed E-state index contributed by atoms with van der Waals surface area (Å²) < 4.78 is 7.10. The molecule has 0 fully saturated rings. The van der Waals surface area contributed by atoms with Gasteiger partial charge in [-0.05, 0) is 43.7 Å². The van der Waals surface area contributed by atoms with Crippen LogP contribution in [0, 0.1) is 6.92 Å². The maximum Gasteiger partial charge on any atom is 0.234 e. The summed E-state index contributed by atoms with van der Waals surface area (Å²) >= 11 is 1.29. The maximum atomic E-state index is 12.5. The fourth-order valence-electron chi connectivity index (χ4n) is 3.01. The van der Waals surface area contributed by atoms with Gasteiger partial charge >= 0.3 is 0 Å². The Morgan fingerprint density at radius 3 is 2.61 bits per heavy atom. The van der Waals surface area contributed by atoms with E-state index in [1.807, 2.05) is 54.8 Å². The van der Waals surface area contributed by atoms with Crippen molar-refractivity contribution in [3.63, 3.8) is 0 Å². The summed E-state index contributed by atoms with van der Waals surface area (Å²) in [6.45, 7) is 4.51. The van der Waals surface area contributed by atoms with Crippen molar-refractivity contribution in [1.82, 2.24) is 14.8 Å². The van der Waals surface area contributed by atoms with Crippen molar-refractivity contribution in [3.8, 4) is 5.75 Å². The molecule has 0 atom stereocenters. The first kappa shape index (κ1) is 22.4. The first-order valence-electron chi connectivity index (χ1n) is 9.84. The van der Waals surface area contributed by atoms with E-state index < -0.39 is 0 Å². The highest BCUT2D eigenvalue weighted by Crippen LogP contribution is 2.23. The molecular formula is C22H25N5O3S. The van der Waals surface area contributed by atoms with Gasteiger partial charge in [-0.3, -0.25) is 9.59 Å². The molecule has 1 aromatic heterocycles. The number of nitrogens with zero attached hydrogens (tertiary/aromatic N) is 3. The van der Waals surface area contributed by atoms with Gasteiger partial charge < -0.3 is 19.9 Å². The summed E-state index contributed by atoms with van der Waals surface area (Å²) in [6.07, 6.45) is 0.0644. The molecule has 31 heavy (non-hydrogen) atoms. The van der Waals surface area contributed by atoms with Crippen LogP contribution in [0.4, 0.5) is 11.4 Å². The number of thioether (sulfide) groups is 1. The molecule has 0 radical (unpaired) electrons. The third-order valence-corrected chi connectivity index (χ3v) is 5.41. The van der Waals surface area contributed by atoms with Gasteiger partial charge in [0, 0.05) is 12.2 Å². The zero-order valence-electron chi connectivity index (χ0n) is 17.7. The van der Waals surface area contributed by atoms with Crippen LogP contribution in [0.25, 0.3) is 0 Å². The van der Waals surface area contributed by atoms with E-state index in [1.54, 1.807) is 19.2 Å². The van der Waals surface area contributed by atoms with Gasteiger partial charge in [0.25, 0.3) is 0 Å². The molecule has 1 heterocycles. The number of benzene rings is 2. The number of aryl methyl sites for hydroxylation is 1. The molecule has 3 aromatic rings. The minimum Gasteiger partial charge on any atom is -0.495 e. The van der Waals surface area contributed by atoms with Crippen molar-refractivity contribution in [2.45, 2.75) is 32.0 Å². The second-order valence-corrected chi connectivity index (χ2v) is 7.72. The van der Waals surface area contributed by atoms with Crippen molar-refractivity contribution in [3.05, 3.63) is 59.9 Å². The van der Waals surface area contributed by atoms with Crippen LogP contribution in [0.2, 0.25) is 0 Å². The molecule has 3 rings (SSSR count). The van der Waals surface area contributed by atoms with E-state index in [0.29, 0.717) is 29.0 Å². The van der Waals surface area contributed by atoms with Crippen molar-refractivity contribution in [2.24, 2.45) is 0 Å². The Balaban J connectivity index is 1.59. The Morgan fingerprint density at radius 2 is 1.87 bits per heavy atom. The van der Waals surface area contributed by atoms with E-state index in [9.17, 15) is 9.59 Å². The fraction of sp³-hybridized carbons (Fsp3) is 0.273. The van der Waals surface area contributed by atoms with Crippen LogP contribution in [0.1, 0.15) is 18.3 Å². The van der Waals surface area contributed by atoms with E-state index in [0.717, 1.165) is 11.3 Å². The molecule has 162 valence electrons. The molecule has 2 N–H and O–H groups in total. The van der Waals surface area contributed by atoms with Crippen molar-refractivity contribution in [2.75, 3.05) is 23.5 Å². The molecule has 9 heteroatoms. The van der Waals surface area contributed by atoms with E-state index in [1.165, 1.54) is 11.8 Å². The third kappa shape index (κ3) is 6.08. The lowest BCUT2D eigenvalue weighted by Gasteiger charge is -2.10. The molecular weight excluding hydrogens is 414 g/mol. The number of para-hydroxylation sites is 2. The number of aromatic nitrogens is 3. The Hall–Kier alpha value is -3.33. The van der Waals surface area contributed by atoms with Crippen LogP contribution in [0.15, 0.2) is 53.7 Å². The second kappa shape index (κ2) is 10.6. The average Bonchev–Trinajstić information content (AvgIpc) is 3.13. The SMILES string of the molecule is CCn1c(CC(=O)Nc2ccccc2OC)nnc1SCC(=O)Nc1cccc(C)c1. The van der Waals surface area contributed by atoms with Gasteiger partial charge in [-0.15, -0.1) is 10.2 Å². The monoisotopic (exact) mass is 439 g/mol. The van der Waals surface area contributed by atoms with Crippen LogP contribution in [-0.2, 0) is 22.6 Å².